The lowest BCUT2D eigenvalue weighted by atomic mass is 10.0. The quantitative estimate of drug-likeness (QED) is 0.0195. The average Bonchev–Trinajstić information content (AvgIpc) is 3.58. The van der Waals surface area contributed by atoms with Gasteiger partial charge in [0.1, 0.15) is 19.8 Å². The van der Waals surface area contributed by atoms with Crippen LogP contribution >= 0.6 is 7.82 Å². The van der Waals surface area contributed by atoms with Gasteiger partial charge in [-0.25, -0.2) is 0 Å². The van der Waals surface area contributed by atoms with Gasteiger partial charge in [-0.2, -0.15) is 0 Å². The van der Waals surface area contributed by atoms with E-state index in [0.29, 0.717) is 17.4 Å². The monoisotopic (exact) mass is 1290 g/mol. The maximum atomic E-state index is 12.9. The summed E-state index contributed by atoms with van der Waals surface area (Å²) in [5.74, 6) is -0.804. The summed E-state index contributed by atoms with van der Waals surface area (Å²) in [5, 5.41) is 0. The van der Waals surface area contributed by atoms with Crippen LogP contribution in [0.1, 0.15) is 425 Å². The Hall–Kier alpha value is -1.51. The highest BCUT2D eigenvalue weighted by atomic mass is 31.2. The third kappa shape index (κ3) is 75.5. The minimum Gasteiger partial charge on any atom is -0.756 e. The van der Waals surface area contributed by atoms with E-state index < -0.39 is 26.5 Å². The molecule has 0 aliphatic rings. The van der Waals surface area contributed by atoms with Crippen LogP contribution in [0.3, 0.4) is 0 Å². The molecule has 2 unspecified atom stereocenters. The predicted molar refractivity (Wildman–Crippen MR) is 388 cm³/mol. The Balaban J connectivity index is 3.88. The number of ether oxygens (including phenoxy) is 2. The summed E-state index contributed by atoms with van der Waals surface area (Å²) in [7, 11) is 1.20. The van der Waals surface area contributed by atoms with Crippen molar-refractivity contribution in [3.05, 3.63) is 24.3 Å². The first-order valence-corrected chi connectivity index (χ1v) is 41.5. The second-order valence-corrected chi connectivity index (χ2v) is 30.2. The molecule has 0 saturated heterocycles. The molecule has 0 heterocycles. The van der Waals surface area contributed by atoms with Gasteiger partial charge in [-0.05, 0) is 44.9 Å². The summed E-state index contributed by atoms with van der Waals surface area (Å²) in [6.45, 7) is 4.32. The molecule has 0 fully saturated rings. The minimum atomic E-state index is -4.64. The van der Waals surface area contributed by atoms with Crippen molar-refractivity contribution in [3.63, 3.8) is 0 Å². The van der Waals surface area contributed by atoms with Gasteiger partial charge >= 0.3 is 11.9 Å². The van der Waals surface area contributed by atoms with Crippen molar-refractivity contribution in [2.45, 2.75) is 431 Å². The number of likely N-dealkylation sites (N-methyl/N-ethyl adjacent to an activating group) is 1. The van der Waals surface area contributed by atoms with Crippen LogP contribution in [-0.2, 0) is 32.7 Å². The van der Waals surface area contributed by atoms with E-state index in [1.807, 2.05) is 21.1 Å². The predicted octanol–water partition coefficient (Wildman–Crippen LogP) is 25.8. The number of nitrogens with zero attached hydrogens (tertiary/aromatic N) is 1. The summed E-state index contributed by atoms with van der Waals surface area (Å²) >= 11 is 0. The number of phosphoric ester groups is 1. The van der Waals surface area contributed by atoms with Crippen LogP contribution < -0.4 is 4.89 Å². The lowest BCUT2D eigenvalue weighted by Crippen LogP contribution is -2.37. The zero-order valence-corrected chi connectivity index (χ0v) is 62.0. The van der Waals surface area contributed by atoms with Crippen LogP contribution in [0.2, 0.25) is 0 Å². The number of unbranched alkanes of at least 4 members (excludes halogenated alkanes) is 58. The maximum Gasteiger partial charge on any atom is 0.306 e. The Kier molecular flexibility index (Phi) is 70.6. The summed E-state index contributed by atoms with van der Waals surface area (Å²) in [4.78, 5) is 38.2. The average molecular weight is 1290 g/mol. The molecule has 0 amide bonds. The minimum absolute atomic E-state index is 0.0259. The van der Waals surface area contributed by atoms with Crippen LogP contribution in [0.4, 0.5) is 0 Å². The molecule has 0 rings (SSSR count). The van der Waals surface area contributed by atoms with Crippen LogP contribution in [0, 0.1) is 0 Å². The van der Waals surface area contributed by atoms with Gasteiger partial charge in [0.25, 0.3) is 7.82 Å². The van der Waals surface area contributed by atoms with Crippen LogP contribution in [-0.4, -0.2) is 70.0 Å². The first-order chi connectivity index (χ1) is 44.0. The van der Waals surface area contributed by atoms with Gasteiger partial charge in [0.15, 0.2) is 6.10 Å². The highest BCUT2D eigenvalue weighted by molar-refractivity contribution is 7.45. The Labute approximate surface area is 561 Å². The van der Waals surface area contributed by atoms with Crippen LogP contribution in [0.25, 0.3) is 0 Å². The third-order valence-electron chi connectivity index (χ3n) is 18.5. The summed E-state index contributed by atoms with van der Waals surface area (Å²) in [6.07, 6.45) is 91.7. The lowest BCUT2D eigenvalue weighted by molar-refractivity contribution is -0.870. The van der Waals surface area contributed by atoms with E-state index in [4.69, 9.17) is 18.5 Å². The second-order valence-electron chi connectivity index (χ2n) is 28.8. The van der Waals surface area contributed by atoms with Crippen molar-refractivity contribution in [1.29, 1.82) is 0 Å². The topological polar surface area (TPSA) is 111 Å². The van der Waals surface area contributed by atoms with E-state index in [1.54, 1.807) is 0 Å². The Bertz CT molecular complexity index is 1560. The third-order valence-corrected chi connectivity index (χ3v) is 19.4. The van der Waals surface area contributed by atoms with E-state index in [1.165, 1.54) is 353 Å². The Morgan fingerprint density at radius 3 is 0.878 bits per heavy atom. The first-order valence-electron chi connectivity index (χ1n) is 40.0. The van der Waals surface area contributed by atoms with Gasteiger partial charge in [0, 0.05) is 12.8 Å². The van der Waals surface area contributed by atoms with Gasteiger partial charge in [-0.3, -0.25) is 14.2 Å². The highest BCUT2D eigenvalue weighted by Gasteiger charge is 2.22. The molecule has 0 aromatic heterocycles. The molecule has 0 N–H and O–H groups in total. The molecule has 0 radical (unpaired) electrons. The number of carbonyl (C=O) groups is 2. The van der Waals surface area contributed by atoms with Gasteiger partial charge in [0.05, 0.1) is 27.7 Å². The molecule has 90 heavy (non-hydrogen) atoms. The molecule has 9 nitrogen and oxygen atoms in total. The number of carbonyl (C=O) groups excluding carboxylic acids is 2. The molecule has 0 saturated carbocycles. The van der Waals surface area contributed by atoms with Crippen molar-refractivity contribution >= 4 is 19.8 Å². The normalized spacial score (nSPS) is 13.1. The summed E-state index contributed by atoms with van der Waals surface area (Å²) < 4.78 is 34.4. The zero-order chi connectivity index (χ0) is 65.5. The van der Waals surface area contributed by atoms with E-state index in [2.05, 4.69) is 38.2 Å². The molecule has 0 aromatic carbocycles. The van der Waals surface area contributed by atoms with Crippen molar-refractivity contribution in [2.75, 3.05) is 47.5 Å². The van der Waals surface area contributed by atoms with Gasteiger partial charge in [-0.1, -0.05) is 391 Å². The number of rotatable bonds is 76. The number of quaternary nitrogens is 1. The molecule has 534 valence electrons. The number of hydrogen-bond donors (Lipinski definition) is 0. The summed E-state index contributed by atoms with van der Waals surface area (Å²) in [6, 6.07) is 0. The molecule has 2 atom stereocenters. The lowest BCUT2D eigenvalue weighted by Gasteiger charge is -2.28. The van der Waals surface area contributed by atoms with Crippen molar-refractivity contribution in [2.24, 2.45) is 0 Å². The number of allylic oxidation sites excluding steroid dienone is 4. The highest BCUT2D eigenvalue weighted by Crippen LogP contribution is 2.38. The first kappa shape index (κ1) is 88.5. The fourth-order valence-electron chi connectivity index (χ4n) is 12.3. The van der Waals surface area contributed by atoms with Crippen molar-refractivity contribution in [1.82, 2.24) is 0 Å². The van der Waals surface area contributed by atoms with E-state index in [0.717, 1.165) is 38.5 Å². The Morgan fingerprint density at radius 1 is 0.344 bits per heavy atom. The van der Waals surface area contributed by atoms with Gasteiger partial charge < -0.3 is 27.9 Å². The van der Waals surface area contributed by atoms with Crippen LogP contribution in [0.5, 0.6) is 0 Å². The second kappa shape index (κ2) is 71.8. The molecule has 10 heteroatoms. The Morgan fingerprint density at radius 2 is 0.600 bits per heavy atom. The molecule has 0 aliphatic carbocycles. The van der Waals surface area contributed by atoms with E-state index in [9.17, 15) is 19.0 Å². The van der Waals surface area contributed by atoms with E-state index >= 15 is 0 Å². The molecule has 0 aromatic rings. The molecular weight excluding hydrogens is 1130 g/mol. The largest absolute Gasteiger partial charge is 0.756 e. The van der Waals surface area contributed by atoms with Crippen molar-refractivity contribution < 1.29 is 42.1 Å². The van der Waals surface area contributed by atoms with Crippen molar-refractivity contribution in [3.8, 4) is 0 Å². The SMILES string of the molecule is CCCCCCC/C=C\C/C=C\CCCCCCCCCCCCCCCCCCCCCCCCCCCCCC(=O)OC(COC(=O)CCCCCCCCCCCCCCCCCCCCCCCCCCCCC)COP(=O)([O-])OCC[N+](C)(C)C. The standard InChI is InChI=1S/C80H156NO8P/c1-6-8-10-12-14-16-18-20-22-24-26-28-30-32-34-35-36-37-38-39-40-41-42-43-44-45-47-49-51-53-55-57-59-61-63-65-67-69-71-73-80(83)89-78(77-88-90(84,85)87-75-74-81(3,4)5)76-86-79(82)72-70-68-66-64-62-60-58-56-54-52-50-48-46-33-31-29-27-25-23-21-19-17-15-13-11-9-7-2/h18,20,24,26,78H,6-17,19,21-23,25,27-77H2,1-5H3/b20-18-,26-24-. The summed E-state index contributed by atoms with van der Waals surface area (Å²) in [5.41, 5.74) is 0. The fraction of sp³-hybridized carbons (Fsp3) is 0.925. The van der Waals surface area contributed by atoms with Gasteiger partial charge in [0.2, 0.25) is 0 Å². The fourth-order valence-corrected chi connectivity index (χ4v) is 13.1. The zero-order valence-electron chi connectivity index (χ0n) is 61.1. The number of esters is 2. The molecule has 0 bridgehead atoms. The maximum absolute atomic E-state index is 12.9. The number of hydrogen-bond acceptors (Lipinski definition) is 8. The molecule has 0 aliphatic heterocycles. The number of phosphoric acid groups is 1. The molecular formula is C80H156NO8P. The van der Waals surface area contributed by atoms with Crippen LogP contribution in [0.15, 0.2) is 24.3 Å². The van der Waals surface area contributed by atoms with Gasteiger partial charge in [-0.15, -0.1) is 0 Å². The smallest absolute Gasteiger partial charge is 0.306 e. The van der Waals surface area contributed by atoms with E-state index in [-0.39, 0.29) is 32.0 Å². The molecule has 0 spiro atoms.